The van der Waals surface area contributed by atoms with Gasteiger partial charge in [-0.15, -0.1) is 0 Å². The number of nitrogens with zero attached hydrogens (tertiary/aromatic N) is 2. The minimum absolute atomic E-state index is 0.113. The van der Waals surface area contributed by atoms with Crippen molar-refractivity contribution in [2.24, 2.45) is 5.10 Å². The lowest BCUT2D eigenvalue weighted by molar-refractivity contribution is -0.140. The lowest BCUT2D eigenvalue weighted by Crippen LogP contribution is -2.40. The van der Waals surface area contributed by atoms with Crippen LogP contribution in [0.5, 0.6) is 0 Å². The molecule has 3 N–H and O–H groups in total. The number of aromatic amines is 1. The van der Waals surface area contributed by atoms with Crippen LogP contribution in [0.4, 0.5) is 0 Å². The normalized spacial score (nSPS) is 12.1. The number of nitrogens with one attached hydrogen (secondary N) is 3. The summed E-state index contributed by atoms with van der Waals surface area (Å²) in [4.78, 5) is 49.4. The van der Waals surface area contributed by atoms with Crippen LogP contribution in [-0.4, -0.2) is 40.8 Å². The van der Waals surface area contributed by atoms with Crippen LogP contribution in [0.25, 0.3) is 10.8 Å². The third-order valence-corrected chi connectivity index (χ3v) is 4.85. The second-order valence-electron chi connectivity index (χ2n) is 7.16. The molecular weight excluding hydrogens is 426 g/mol. The van der Waals surface area contributed by atoms with Gasteiger partial charge in [-0.3, -0.25) is 19.2 Å². The zero-order valence-corrected chi connectivity index (χ0v) is 18.1. The van der Waals surface area contributed by atoms with Gasteiger partial charge < -0.3 is 10.1 Å². The first-order valence-electron chi connectivity index (χ1n) is 10.1. The molecule has 0 bridgehead atoms. The number of hydrogen-bond donors (Lipinski definition) is 3. The summed E-state index contributed by atoms with van der Waals surface area (Å²) in [5, 5.41) is 13.8. The molecule has 10 nitrogen and oxygen atoms in total. The summed E-state index contributed by atoms with van der Waals surface area (Å²) in [5.41, 5.74) is 2.99. The smallest absolute Gasteiger partial charge is 0.305 e. The molecule has 170 valence electrons. The molecule has 3 aromatic rings. The third-order valence-electron chi connectivity index (χ3n) is 4.85. The molecule has 0 spiro atoms. The van der Waals surface area contributed by atoms with E-state index in [1.165, 1.54) is 7.11 Å². The number of ether oxygens (including phenoxy) is 1. The van der Waals surface area contributed by atoms with Crippen LogP contribution < -0.4 is 16.3 Å². The second-order valence-corrected chi connectivity index (χ2v) is 7.16. The average Bonchev–Trinajstić information content (AvgIpc) is 2.85. The summed E-state index contributed by atoms with van der Waals surface area (Å²) in [5.74, 6) is -1.56. The number of carbonyl (C=O) groups is 3. The fourth-order valence-corrected chi connectivity index (χ4v) is 3.07. The molecule has 0 aliphatic rings. The Morgan fingerprint density at radius 3 is 2.39 bits per heavy atom. The van der Waals surface area contributed by atoms with Crippen LogP contribution in [0.2, 0.25) is 0 Å². The number of rotatable bonds is 8. The molecule has 33 heavy (non-hydrogen) atoms. The number of amides is 2. The van der Waals surface area contributed by atoms with Gasteiger partial charge in [0.05, 0.1) is 18.9 Å². The van der Waals surface area contributed by atoms with E-state index in [0.717, 1.165) is 0 Å². The third kappa shape index (κ3) is 5.88. The highest BCUT2D eigenvalue weighted by Crippen LogP contribution is 2.20. The Kier molecular flexibility index (Phi) is 7.64. The molecule has 3 rings (SSSR count). The van der Waals surface area contributed by atoms with Crippen molar-refractivity contribution in [1.82, 2.24) is 20.9 Å². The van der Waals surface area contributed by atoms with Crippen molar-refractivity contribution in [1.29, 1.82) is 0 Å². The molecule has 0 saturated carbocycles. The van der Waals surface area contributed by atoms with Crippen molar-refractivity contribution in [2.75, 3.05) is 7.11 Å². The van der Waals surface area contributed by atoms with Gasteiger partial charge in [-0.25, -0.2) is 10.5 Å². The molecule has 10 heteroatoms. The van der Waals surface area contributed by atoms with E-state index in [1.54, 1.807) is 61.5 Å². The predicted molar refractivity (Wildman–Crippen MR) is 122 cm³/mol. The molecule has 2 aromatic carbocycles. The van der Waals surface area contributed by atoms with E-state index in [2.05, 4.69) is 30.8 Å². The highest BCUT2D eigenvalue weighted by molar-refractivity contribution is 5.99. The number of H-pyrrole nitrogens is 1. The summed E-state index contributed by atoms with van der Waals surface area (Å²) in [7, 11) is 1.29. The Morgan fingerprint density at radius 1 is 1.03 bits per heavy atom. The van der Waals surface area contributed by atoms with Gasteiger partial charge in [0, 0.05) is 16.7 Å². The van der Waals surface area contributed by atoms with Gasteiger partial charge >= 0.3 is 5.97 Å². The molecule has 0 fully saturated rings. The van der Waals surface area contributed by atoms with E-state index < -0.39 is 29.4 Å². The van der Waals surface area contributed by atoms with Gasteiger partial charge in [0.15, 0.2) is 6.04 Å². The maximum atomic E-state index is 13.1. The first-order valence-corrected chi connectivity index (χ1v) is 10.1. The molecular formula is C23H23N5O5. The van der Waals surface area contributed by atoms with Gasteiger partial charge in [-0.1, -0.05) is 36.4 Å². The summed E-state index contributed by atoms with van der Waals surface area (Å²) >= 11 is 0. The molecule has 1 unspecified atom stereocenters. The molecule has 0 aliphatic carbocycles. The monoisotopic (exact) mass is 449 g/mol. The summed E-state index contributed by atoms with van der Waals surface area (Å²) < 4.78 is 4.59. The molecule has 0 aliphatic heterocycles. The van der Waals surface area contributed by atoms with Crippen molar-refractivity contribution in [2.45, 2.75) is 25.8 Å². The Bertz CT molecular complexity index is 1250. The van der Waals surface area contributed by atoms with E-state index in [-0.39, 0.29) is 18.5 Å². The summed E-state index contributed by atoms with van der Waals surface area (Å²) in [6.45, 7) is 1.65. The van der Waals surface area contributed by atoms with E-state index in [9.17, 15) is 19.2 Å². The first kappa shape index (κ1) is 23.3. The van der Waals surface area contributed by atoms with Gasteiger partial charge in [0.2, 0.25) is 0 Å². The van der Waals surface area contributed by atoms with E-state index in [1.807, 2.05) is 0 Å². The quantitative estimate of drug-likeness (QED) is 0.272. The van der Waals surface area contributed by atoms with Crippen LogP contribution in [0.15, 0.2) is 64.5 Å². The summed E-state index contributed by atoms with van der Waals surface area (Å²) in [6, 6.07) is 13.8. The van der Waals surface area contributed by atoms with Crippen LogP contribution in [0.3, 0.4) is 0 Å². The minimum atomic E-state index is -1.25. The highest BCUT2D eigenvalue weighted by Gasteiger charge is 2.27. The number of esters is 1. The van der Waals surface area contributed by atoms with Crippen molar-refractivity contribution < 1.29 is 19.1 Å². The average molecular weight is 449 g/mol. The largest absolute Gasteiger partial charge is 0.469 e. The molecule has 1 aromatic heterocycles. The van der Waals surface area contributed by atoms with E-state index >= 15 is 0 Å². The lowest BCUT2D eigenvalue weighted by atomic mass is 10.0. The number of aromatic nitrogens is 2. The Balaban J connectivity index is 1.92. The van der Waals surface area contributed by atoms with Gasteiger partial charge in [0.25, 0.3) is 17.4 Å². The number of benzene rings is 2. The lowest BCUT2D eigenvalue weighted by Gasteiger charge is -2.18. The number of hydrazone groups is 1. The molecule has 0 radical (unpaired) electrons. The molecule has 1 atom stereocenters. The van der Waals surface area contributed by atoms with Crippen LogP contribution in [0.1, 0.15) is 41.9 Å². The molecule has 1 heterocycles. The van der Waals surface area contributed by atoms with Crippen LogP contribution in [0, 0.1) is 0 Å². The number of methoxy groups -OCH3 is 1. The first-order chi connectivity index (χ1) is 15.9. The van der Waals surface area contributed by atoms with Crippen molar-refractivity contribution in [3.63, 3.8) is 0 Å². The van der Waals surface area contributed by atoms with E-state index in [4.69, 9.17) is 0 Å². The van der Waals surface area contributed by atoms with Crippen molar-refractivity contribution in [3.05, 3.63) is 76.2 Å². The van der Waals surface area contributed by atoms with Gasteiger partial charge in [0.1, 0.15) is 5.69 Å². The Labute approximate surface area is 189 Å². The topological polar surface area (TPSA) is 143 Å². The van der Waals surface area contributed by atoms with Crippen molar-refractivity contribution in [3.8, 4) is 0 Å². The van der Waals surface area contributed by atoms with Gasteiger partial charge in [-0.05, 0) is 31.5 Å². The number of hydrogen-bond acceptors (Lipinski definition) is 7. The zero-order valence-electron chi connectivity index (χ0n) is 18.1. The minimum Gasteiger partial charge on any atom is -0.469 e. The van der Waals surface area contributed by atoms with Crippen LogP contribution in [-0.2, 0) is 14.3 Å². The van der Waals surface area contributed by atoms with Gasteiger partial charge in [-0.2, -0.15) is 10.2 Å². The Morgan fingerprint density at radius 2 is 1.70 bits per heavy atom. The fraction of sp³-hybridized carbons (Fsp3) is 0.217. The van der Waals surface area contributed by atoms with Crippen molar-refractivity contribution >= 4 is 34.3 Å². The zero-order chi connectivity index (χ0) is 23.8. The summed E-state index contributed by atoms with van der Waals surface area (Å²) in [6.07, 6.45) is 0.399. The SMILES string of the molecule is COC(=O)CC/C(C)=N/NC(=O)C(NC(=O)c1ccccc1)c1n[nH]c(=O)c2ccccc12. The predicted octanol–water partition coefficient (Wildman–Crippen LogP) is 1.84. The Hall–Kier alpha value is -4.34. The van der Waals surface area contributed by atoms with Crippen LogP contribution >= 0.6 is 0 Å². The standard InChI is InChI=1S/C23H23N5O5/c1-14(12-13-18(29)33-2)25-28-23(32)20(24-21(30)15-8-4-3-5-9-15)19-16-10-6-7-11-17(16)22(31)27-26-19/h3-11,20H,12-13H2,1-2H3,(H,24,30)(H,27,31)(H,28,32)/b25-14+. The maximum absolute atomic E-state index is 13.1. The highest BCUT2D eigenvalue weighted by atomic mass is 16.5. The molecule has 2 amide bonds. The van der Waals surface area contributed by atoms with E-state index in [0.29, 0.717) is 22.0 Å². The maximum Gasteiger partial charge on any atom is 0.305 e. The molecule has 0 saturated heterocycles. The second kappa shape index (κ2) is 10.8. The number of fused-ring (bicyclic) bond motifs is 1. The number of carbonyl (C=O) groups excluding carboxylic acids is 3. The fourth-order valence-electron chi connectivity index (χ4n) is 3.07.